The molecular formula is C60H57ClN3O4P. The Balaban J connectivity index is 0.000000234. The minimum atomic E-state index is -3.25. The summed E-state index contributed by atoms with van der Waals surface area (Å²) in [7, 11) is -3.25. The topological polar surface area (TPSA) is 125 Å². The summed E-state index contributed by atoms with van der Waals surface area (Å²) in [6.45, 7) is 6.02. The molecule has 0 aliphatic heterocycles. The number of benzene rings is 8. The molecule has 0 spiro atoms. The Morgan fingerprint density at radius 2 is 0.638 bits per heavy atom. The Morgan fingerprint density at radius 3 is 0.957 bits per heavy atom. The average molecular weight is 951 g/mol. The molecule has 0 saturated carbocycles. The van der Waals surface area contributed by atoms with E-state index in [4.69, 9.17) is 15.2 Å². The molecule has 7 nitrogen and oxygen atoms in total. The Morgan fingerprint density at radius 1 is 0.391 bits per heavy atom. The monoisotopic (exact) mass is 949 g/mol. The second-order valence-electron chi connectivity index (χ2n) is 15.3. The third-order valence-electron chi connectivity index (χ3n) is 10.5. The normalized spacial score (nSPS) is 11.8. The van der Waals surface area contributed by atoms with Gasteiger partial charge in [-0.1, -0.05) is 224 Å². The van der Waals surface area contributed by atoms with Crippen molar-refractivity contribution < 1.29 is 19.8 Å². The maximum atomic E-state index is 14.5. The van der Waals surface area contributed by atoms with Crippen LogP contribution in [0.4, 0.5) is 0 Å². The highest BCUT2D eigenvalue weighted by atomic mass is 35.5. The van der Waals surface area contributed by atoms with Crippen LogP contribution in [-0.4, -0.2) is 27.6 Å². The van der Waals surface area contributed by atoms with E-state index in [0.29, 0.717) is 11.4 Å². The van der Waals surface area contributed by atoms with E-state index >= 15 is 0 Å². The SMILES string of the molecule is C/C(=C\C(=NP(=O)(c1ccccc1)c1ccccc1)c1ccccc1)c1ccccc1.C/C(=C\C(=N\O)c1ccccc1)c1ccccc1.C/C(=C\C(=O)c1ccccc1)c1ccccc1.Cl.NO. The number of nitrogens with two attached hydrogens (primary N) is 1. The number of rotatable bonds is 12. The molecule has 348 valence electrons. The molecule has 8 aromatic rings. The van der Waals surface area contributed by atoms with Crippen molar-refractivity contribution in [2.45, 2.75) is 20.8 Å². The van der Waals surface area contributed by atoms with Crippen LogP contribution < -0.4 is 16.5 Å². The number of oxime groups is 1. The van der Waals surface area contributed by atoms with Gasteiger partial charge in [0.05, 0.1) is 5.71 Å². The molecule has 0 unspecified atom stereocenters. The van der Waals surface area contributed by atoms with Gasteiger partial charge in [-0.25, -0.2) is 10.7 Å². The lowest BCUT2D eigenvalue weighted by molar-refractivity contribution is 0.104. The number of halogens is 1. The first-order chi connectivity index (χ1) is 33.2. The minimum absolute atomic E-state index is 0. The van der Waals surface area contributed by atoms with E-state index in [0.717, 1.165) is 60.7 Å². The summed E-state index contributed by atoms with van der Waals surface area (Å²) in [6.07, 6.45) is 5.60. The zero-order valence-corrected chi connectivity index (χ0v) is 40.6. The predicted octanol–water partition coefficient (Wildman–Crippen LogP) is 14.2. The fraction of sp³-hybridized carbons (Fsp3) is 0.0500. The van der Waals surface area contributed by atoms with E-state index < -0.39 is 7.29 Å². The molecule has 0 fully saturated rings. The van der Waals surface area contributed by atoms with E-state index in [1.165, 1.54) is 0 Å². The quantitative estimate of drug-likeness (QED) is 0.0281. The summed E-state index contributed by atoms with van der Waals surface area (Å²) < 4.78 is 19.5. The molecule has 0 heterocycles. The molecule has 0 radical (unpaired) electrons. The molecule has 0 aromatic heterocycles. The van der Waals surface area contributed by atoms with E-state index in [9.17, 15) is 9.36 Å². The van der Waals surface area contributed by atoms with E-state index in [2.05, 4.69) is 30.1 Å². The van der Waals surface area contributed by atoms with Gasteiger partial charge in [-0.2, -0.15) is 0 Å². The summed E-state index contributed by atoms with van der Waals surface area (Å²) in [5, 5.41) is 20.4. The molecule has 69 heavy (non-hydrogen) atoms. The molecular weight excluding hydrogens is 893 g/mol. The van der Waals surface area contributed by atoms with Crippen molar-refractivity contribution in [2.75, 3.05) is 0 Å². The fourth-order valence-electron chi connectivity index (χ4n) is 6.88. The summed E-state index contributed by atoms with van der Waals surface area (Å²) in [5.74, 6) is 3.55. The van der Waals surface area contributed by atoms with Crippen molar-refractivity contribution in [3.63, 3.8) is 0 Å². The highest BCUT2D eigenvalue weighted by Crippen LogP contribution is 2.46. The Labute approximate surface area is 412 Å². The van der Waals surface area contributed by atoms with Gasteiger partial charge in [0.25, 0.3) is 0 Å². The number of allylic oxidation sites excluding steroid dienone is 6. The molecule has 4 N–H and O–H groups in total. The van der Waals surface area contributed by atoms with Gasteiger partial charge in [-0.05, 0) is 96.7 Å². The zero-order chi connectivity index (χ0) is 48.4. The molecule has 8 aromatic carbocycles. The van der Waals surface area contributed by atoms with Gasteiger partial charge in [-0.15, -0.1) is 12.4 Å². The van der Waals surface area contributed by atoms with E-state index in [1.807, 2.05) is 257 Å². The Bertz CT molecular complexity index is 2910. The van der Waals surface area contributed by atoms with Gasteiger partial charge in [0.15, 0.2) is 5.78 Å². The number of carbonyl (C=O) groups excluding carboxylic acids is 1. The van der Waals surface area contributed by atoms with Crippen LogP contribution in [0.3, 0.4) is 0 Å². The highest BCUT2D eigenvalue weighted by molar-refractivity contribution is 7.77. The van der Waals surface area contributed by atoms with Crippen molar-refractivity contribution in [1.29, 1.82) is 0 Å². The standard InChI is InChI=1S/C28H24NOP.C16H15NO.C16H14O.ClH.H3NO/c1-23(24-14-6-2-7-15-24)22-28(25-16-8-3-9-17-25)29-31(30,26-18-10-4-11-19-26)27-20-12-5-13-21-27;1-13(14-8-4-2-5-9-14)12-16(17-18)15-10-6-3-7-11-15;1-13(14-8-4-2-5-9-14)12-16(17)15-10-6-3-7-11-15;;1-2/h2-22H,1H3;2-12,18H,1H3;2-12H,1H3;1H;2H,1H2/b23-22+,29-28?;13-12+,17-16-;13-12+;;. The first-order valence-corrected chi connectivity index (χ1v) is 23.6. The lowest BCUT2D eigenvalue weighted by atomic mass is 10.0. The smallest absolute Gasteiger partial charge is 0.247 e. The van der Waals surface area contributed by atoms with E-state index in [-0.39, 0.29) is 18.2 Å². The van der Waals surface area contributed by atoms with Crippen molar-refractivity contribution in [2.24, 2.45) is 15.8 Å². The molecule has 0 atom stereocenters. The van der Waals surface area contributed by atoms with Crippen molar-refractivity contribution >= 4 is 64.2 Å². The van der Waals surface area contributed by atoms with Gasteiger partial charge < -0.3 is 10.4 Å². The number of nitrogens with zero attached hydrogens (tertiary/aromatic N) is 2. The third kappa shape index (κ3) is 16.5. The minimum Gasteiger partial charge on any atom is -0.410 e. The molecule has 0 aliphatic rings. The first-order valence-electron chi connectivity index (χ1n) is 22.0. The molecule has 9 heteroatoms. The maximum Gasteiger partial charge on any atom is 0.247 e. The molecule has 0 saturated heterocycles. The second-order valence-corrected chi connectivity index (χ2v) is 17.6. The Kier molecular flexibility index (Phi) is 22.7. The van der Waals surface area contributed by atoms with Gasteiger partial charge in [-0.3, -0.25) is 9.36 Å². The van der Waals surface area contributed by atoms with Crippen molar-refractivity contribution in [1.82, 2.24) is 0 Å². The van der Waals surface area contributed by atoms with E-state index in [1.54, 1.807) is 6.08 Å². The Hall–Kier alpha value is -7.77. The third-order valence-corrected chi connectivity index (χ3v) is 13.0. The number of hydrogen-bond acceptors (Lipinski definition) is 6. The van der Waals surface area contributed by atoms with Gasteiger partial charge in [0, 0.05) is 27.3 Å². The van der Waals surface area contributed by atoms with Crippen LogP contribution in [0.1, 0.15) is 58.9 Å². The van der Waals surface area contributed by atoms with Gasteiger partial charge in [0.2, 0.25) is 7.29 Å². The van der Waals surface area contributed by atoms with Crippen LogP contribution in [0.25, 0.3) is 16.7 Å². The summed E-state index contributed by atoms with van der Waals surface area (Å²) in [5.41, 5.74) is 10.3. The lowest BCUT2D eigenvalue weighted by Gasteiger charge is -2.17. The fourth-order valence-corrected chi connectivity index (χ4v) is 9.04. The van der Waals surface area contributed by atoms with Crippen molar-refractivity contribution in [3.8, 4) is 0 Å². The van der Waals surface area contributed by atoms with Crippen molar-refractivity contribution in [3.05, 3.63) is 294 Å². The van der Waals surface area contributed by atoms with Crippen LogP contribution in [0.2, 0.25) is 0 Å². The first kappa shape index (κ1) is 53.8. The van der Waals surface area contributed by atoms with Crippen LogP contribution in [-0.2, 0) is 4.57 Å². The zero-order valence-electron chi connectivity index (χ0n) is 38.9. The largest absolute Gasteiger partial charge is 0.410 e. The van der Waals surface area contributed by atoms with Crippen LogP contribution in [0, 0.1) is 0 Å². The molecule has 8 rings (SSSR count). The van der Waals surface area contributed by atoms with Crippen LogP contribution >= 0.6 is 19.7 Å². The highest BCUT2D eigenvalue weighted by Gasteiger charge is 2.27. The molecule has 0 bridgehead atoms. The number of carbonyl (C=O) groups is 1. The van der Waals surface area contributed by atoms with Crippen LogP contribution in [0.15, 0.2) is 271 Å². The van der Waals surface area contributed by atoms with Crippen LogP contribution in [0.5, 0.6) is 0 Å². The number of hydrogen-bond donors (Lipinski definition) is 3. The molecule has 0 aliphatic carbocycles. The van der Waals surface area contributed by atoms with Gasteiger partial charge in [0.1, 0.15) is 5.71 Å². The average Bonchev–Trinajstić information content (AvgIpc) is 3.42. The summed E-state index contributed by atoms with van der Waals surface area (Å²) in [4.78, 5) is 12.0. The lowest BCUT2D eigenvalue weighted by Crippen LogP contribution is -2.15. The molecule has 0 amide bonds. The van der Waals surface area contributed by atoms with Gasteiger partial charge >= 0.3 is 0 Å². The predicted molar refractivity (Wildman–Crippen MR) is 292 cm³/mol. The summed E-state index contributed by atoms with van der Waals surface area (Å²) in [6, 6.07) is 78.1. The maximum absolute atomic E-state index is 14.5. The number of ketones is 1. The summed E-state index contributed by atoms with van der Waals surface area (Å²) >= 11 is 0. The second kappa shape index (κ2) is 29.1.